The summed E-state index contributed by atoms with van der Waals surface area (Å²) in [6.45, 7) is 13.1. The second kappa shape index (κ2) is 7.67. The first kappa shape index (κ1) is 20.9. The maximum Gasteiger partial charge on any atom is 0.335 e. The Kier molecular flexibility index (Phi) is 5.94. The number of aryl methyl sites for hydroxylation is 1. The van der Waals surface area contributed by atoms with Gasteiger partial charge in [0.15, 0.2) is 5.78 Å². The molecule has 0 saturated heterocycles. The van der Waals surface area contributed by atoms with Crippen molar-refractivity contribution in [2.75, 3.05) is 0 Å². The van der Waals surface area contributed by atoms with Crippen LogP contribution in [0.15, 0.2) is 42.5 Å². The van der Waals surface area contributed by atoms with Crippen LogP contribution in [0.4, 0.5) is 0 Å². The lowest BCUT2D eigenvalue weighted by molar-refractivity contribution is 0.0696. The fourth-order valence-corrected chi connectivity index (χ4v) is 3.04. The van der Waals surface area contributed by atoms with Crippen LogP contribution in [0.1, 0.15) is 84.9 Å². The first-order valence-corrected chi connectivity index (χ1v) is 9.40. The molecule has 0 spiro atoms. The zero-order valence-electron chi connectivity index (χ0n) is 17.2. The maximum absolute atomic E-state index is 13.0. The predicted molar refractivity (Wildman–Crippen MR) is 110 cm³/mol. The SMILES string of the molecule is Cc1ccc(C(C)(C)CCC(C)(C)C)cc1C(=O)c1ccc(C(=O)O)cc1. The third-order valence-corrected chi connectivity index (χ3v) is 5.16. The smallest absolute Gasteiger partial charge is 0.335 e. The van der Waals surface area contributed by atoms with Gasteiger partial charge in [0.05, 0.1) is 5.56 Å². The summed E-state index contributed by atoms with van der Waals surface area (Å²) < 4.78 is 0. The number of hydrogen-bond donors (Lipinski definition) is 1. The molecule has 0 aliphatic rings. The molecule has 0 heterocycles. The summed E-state index contributed by atoms with van der Waals surface area (Å²) in [6.07, 6.45) is 2.15. The Morgan fingerprint density at radius 1 is 0.852 bits per heavy atom. The van der Waals surface area contributed by atoms with Crippen molar-refractivity contribution in [2.24, 2.45) is 5.41 Å². The molecule has 0 atom stereocenters. The van der Waals surface area contributed by atoms with Crippen molar-refractivity contribution in [2.45, 2.75) is 59.8 Å². The van der Waals surface area contributed by atoms with Crippen molar-refractivity contribution in [3.8, 4) is 0 Å². The standard InChI is InChI=1S/C24H30O3/c1-16-7-12-19(24(5,6)14-13-23(2,3)4)15-20(16)21(25)17-8-10-18(11-9-17)22(26)27/h7-12,15H,13-14H2,1-6H3,(H,26,27). The Labute approximate surface area is 162 Å². The molecule has 0 amide bonds. The molecular formula is C24H30O3. The van der Waals surface area contributed by atoms with Gasteiger partial charge in [-0.25, -0.2) is 4.79 Å². The molecular weight excluding hydrogens is 336 g/mol. The van der Waals surface area contributed by atoms with E-state index in [1.807, 2.05) is 19.1 Å². The minimum Gasteiger partial charge on any atom is -0.478 e. The van der Waals surface area contributed by atoms with Gasteiger partial charge in [0.25, 0.3) is 0 Å². The monoisotopic (exact) mass is 366 g/mol. The van der Waals surface area contributed by atoms with Gasteiger partial charge < -0.3 is 5.11 Å². The van der Waals surface area contributed by atoms with Crippen LogP contribution in [0.3, 0.4) is 0 Å². The van der Waals surface area contributed by atoms with E-state index in [2.05, 4.69) is 40.7 Å². The van der Waals surface area contributed by atoms with Crippen LogP contribution in [0.2, 0.25) is 0 Å². The molecule has 0 bridgehead atoms. The minimum absolute atomic E-state index is 0.0246. The molecule has 0 radical (unpaired) electrons. The van der Waals surface area contributed by atoms with Gasteiger partial charge in [-0.2, -0.15) is 0 Å². The van der Waals surface area contributed by atoms with Crippen LogP contribution in [0, 0.1) is 12.3 Å². The highest BCUT2D eigenvalue weighted by atomic mass is 16.4. The van der Waals surface area contributed by atoms with E-state index in [9.17, 15) is 9.59 Å². The lowest BCUT2D eigenvalue weighted by Gasteiger charge is -2.30. The molecule has 3 heteroatoms. The second-order valence-electron chi connectivity index (χ2n) is 9.19. The summed E-state index contributed by atoms with van der Waals surface area (Å²) in [7, 11) is 0. The first-order valence-electron chi connectivity index (χ1n) is 9.40. The third kappa shape index (κ3) is 5.29. The van der Waals surface area contributed by atoms with E-state index in [1.165, 1.54) is 12.1 Å². The van der Waals surface area contributed by atoms with Crippen molar-refractivity contribution in [1.29, 1.82) is 0 Å². The largest absolute Gasteiger partial charge is 0.478 e. The zero-order chi connectivity index (χ0) is 20.4. The molecule has 27 heavy (non-hydrogen) atoms. The molecule has 3 nitrogen and oxygen atoms in total. The number of aromatic carboxylic acids is 1. The Balaban J connectivity index is 2.33. The van der Waals surface area contributed by atoms with E-state index < -0.39 is 5.97 Å². The van der Waals surface area contributed by atoms with Crippen molar-refractivity contribution < 1.29 is 14.7 Å². The number of carbonyl (C=O) groups excluding carboxylic acids is 1. The lowest BCUT2D eigenvalue weighted by atomic mass is 9.75. The van der Waals surface area contributed by atoms with Crippen LogP contribution >= 0.6 is 0 Å². The number of hydrogen-bond acceptors (Lipinski definition) is 2. The van der Waals surface area contributed by atoms with E-state index in [1.54, 1.807) is 12.1 Å². The molecule has 144 valence electrons. The number of benzene rings is 2. The molecule has 1 N–H and O–H groups in total. The van der Waals surface area contributed by atoms with Crippen LogP contribution in [-0.4, -0.2) is 16.9 Å². The predicted octanol–water partition coefficient (Wildman–Crippen LogP) is 6.03. The summed E-state index contributed by atoms with van der Waals surface area (Å²) in [6, 6.07) is 12.2. The fraction of sp³-hybridized carbons (Fsp3) is 0.417. The van der Waals surface area contributed by atoms with E-state index in [0.717, 1.165) is 24.0 Å². The Bertz CT molecular complexity index is 837. The van der Waals surface area contributed by atoms with Crippen LogP contribution in [0.5, 0.6) is 0 Å². The summed E-state index contributed by atoms with van der Waals surface area (Å²) in [5.74, 6) is -1.06. The number of ketones is 1. The van der Waals surface area contributed by atoms with Crippen LogP contribution in [0.25, 0.3) is 0 Å². The zero-order valence-corrected chi connectivity index (χ0v) is 17.2. The molecule has 0 unspecified atom stereocenters. The number of carboxylic acids is 1. The Morgan fingerprint density at radius 2 is 1.41 bits per heavy atom. The van der Waals surface area contributed by atoms with Crippen LogP contribution in [-0.2, 0) is 5.41 Å². The van der Waals surface area contributed by atoms with Crippen molar-refractivity contribution in [3.05, 3.63) is 70.3 Å². The van der Waals surface area contributed by atoms with E-state index >= 15 is 0 Å². The summed E-state index contributed by atoms with van der Waals surface area (Å²) in [5.41, 5.74) is 3.70. The maximum atomic E-state index is 13.0. The molecule has 0 aromatic heterocycles. The third-order valence-electron chi connectivity index (χ3n) is 5.16. The molecule has 2 aromatic carbocycles. The highest BCUT2D eigenvalue weighted by molar-refractivity contribution is 6.10. The lowest BCUT2D eigenvalue weighted by Crippen LogP contribution is -2.21. The number of carboxylic acid groups (broad SMARTS) is 1. The first-order chi connectivity index (χ1) is 12.4. The highest BCUT2D eigenvalue weighted by Crippen LogP contribution is 2.34. The molecule has 2 rings (SSSR count). The highest BCUT2D eigenvalue weighted by Gasteiger charge is 2.25. The summed E-state index contributed by atoms with van der Waals surface area (Å²) in [4.78, 5) is 24.0. The Morgan fingerprint density at radius 3 is 1.93 bits per heavy atom. The van der Waals surface area contributed by atoms with Gasteiger partial charge in [0.2, 0.25) is 0 Å². The topological polar surface area (TPSA) is 54.4 Å². The molecule has 0 aliphatic carbocycles. The molecule has 0 aliphatic heterocycles. The van der Waals surface area contributed by atoms with Gasteiger partial charge in [0.1, 0.15) is 0 Å². The van der Waals surface area contributed by atoms with Crippen LogP contribution < -0.4 is 0 Å². The van der Waals surface area contributed by atoms with E-state index in [4.69, 9.17) is 5.11 Å². The van der Waals surface area contributed by atoms with Gasteiger partial charge in [-0.3, -0.25) is 4.79 Å². The van der Waals surface area contributed by atoms with Gasteiger partial charge in [0, 0.05) is 11.1 Å². The fourth-order valence-electron chi connectivity index (χ4n) is 3.04. The van der Waals surface area contributed by atoms with Crippen molar-refractivity contribution >= 4 is 11.8 Å². The molecule has 2 aromatic rings. The van der Waals surface area contributed by atoms with Crippen molar-refractivity contribution in [1.82, 2.24) is 0 Å². The van der Waals surface area contributed by atoms with Gasteiger partial charge >= 0.3 is 5.97 Å². The average molecular weight is 367 g/mol. The summed E-state index contributed by atoms with van der Waals surface area (Å²) in [5, 5.41) is 9.02. The second-order valence-corrected chi connectivity index (χ2v) is 9.19. The molecule has 0 saturated carbocycles. The van der Waals surface area contributed by atoms with Gasteiger partial charge in [-0.15, -0.1) is 0 Å². The van der Waals surface area contributed by atoms with Gasteiger partial charge in [-0.05, 0) is 59.9 Å². The minimum atomic E-state index is -0.993. The normalized spacial score (nSPS) is 12.1. The molecule has 0 fully saturated rings. The quantitative estimate of drug-likeness (QED) is 0.635. The van der Waals surface area contributed by atoms with Crippen molar-refractivity contribution in [3.63, 3.8) is 0 Å². The van der Waals surface area contributed by atoms with Gasteiger partial charge in [-0.1, -0.05) is 58.9 Å². The summed E-state index contributed by atoms with van der Waals surface area (Å²) >= 11 is 0. The number of carbonyl (C=O) groups is 2. The van der Waals surface area contributed by atoms with E-state index in [-0.39, 0.29) is 22.2 Å². The average Bonchev–Trinajstić information content (AvgIpc) is 2.59. The Hall–Kier alpha value is -2.42. The van der Waals surface area contributed by atoms with E-state index in [0.29, 0.717) is 11.1 Å². The number of rotatable bonds is 6.